The Morgan fingerprint density at radius 3 is 2.75 bits per heavy atom. The Hall–Kier alpha value is -0.130. The van der Waals surface area contributed by atoms with Crippen LogP contribution < -0.4 is 5.32 Å². The summed E-state index contributed by atoms with van der Waals surface area (Å²) >= 11 is 7.59. The summed E-state index contributed by atoms with van der Waals surface area (Å²) in [6, 6.07) is 4.83. The van der Waals surface area contributed by atoms with Crippen molar-refractivity contribution in [1.29, 1.82) is 0 Å². The number of halogens is 1. The zero-order valence-corrected chi connectivity index (χ0v) is 14.1. The smallest absolute Gasteiger partial charge is 0.0931 e. The minimum Gasteiger partial charge on any atom is -0.311 e. The fourth-order valence-corrected chi connectivity index (χ4v) is 3.83. The SMILES string of the molecule is CCN1CCC(N(C)CCNCc2ccc(Cl)s2)CC1. The van der Waals surface area contributed by atoms with Gasteiger partial charge in [-0.2, -0.15) is 0 Å². The maximum absolute atomic E-state index is 5.93. The van der Waals surface area contributed by atoms with Crippen molar-refractivity contribution in [1.82, 2.24) is 15.1 Å². The molecule has 0 aliphatic carbocycles. The van der Waals surface area contributed by atoms with Gasteiger partial charge in [0.2, 0.25) is 0 Å². The maximum Gasteiger partial charge on any atom is 0.0931 e. The predicted octanol–water partition coefficient (Wildman–Crippen LogP) is 2.91. The Bertz CT molecular complexity index is 388. The molecule has 1 aromatic rings. The van der Waals surface area contributed by atoms with Crippen molar-refractivity contribution in [2.24, 2.45) is 0 Å². The molecular formula is C15H26ClN3S. The highest BCUT2D eigenvalue weighted by molar-refractivity contribution is 7.16. The molecule has 114 valence electrons. The van der Waals surface area contributed by atoms with Gasteiger partial charge in [-0.3, -0.25) is 0 Å². The van der Waals surface area contributed by atoms with Gasteiger partial charge in [0.05, 0.1) is 4.34 Å². The summed E-state index contributed by atoms with van der Waals surface area (Å²) < 4.78 is 0.876. The first-order chi connectivity index (χ1) is 9.69. The number of hydrogen-bond acceptors (Lipinski definition) is 4. The maximum atomic E-state index is 5.93. The van der Waals surface area contributed by atoms with Crippen LogP contribution in [-0.2, 0) is 6.54 Å². The number of piperidine rings is 1. The molecule has 1 aliphatic rings. The van der Waals surface area contributed by atoms with Crippen molar-refractivity contribution < 1.29 is 0 Å². The van der Waals surface area contributed by atoms with Crippen LogP contribution in [-0.4, -0.2) is 55.6 Å². The molecule has 5 heteroatoms. The zero-order valence-electron chi connectivity index (χ0n) is 12.6. The first kappa shape index (κ1) is 16.2. The normalized spacial score (nSPS) is 18.0. The van der Waals surface area contributed by atoms with Gasteiger partial charge in [0, 0.05) is 30.6 Å². The summed E-state index contributed by atoms with van der Waals surface area (Å²) in [5, 5.41) is 3.50. The summed E-state index contributed by atoms with van der Waals surface area (Å²) in [5.74, 6) is 0. The molecular weight excluding hydrogens is 290 g/mol. The van der Waals surface area contributed by atoms with E-state index in [4.69, 9.17) is 11.6 Å². The molecule has 0 radical (unpaired) electrons. The predicted molar refractivity (Wildman–Crippen MR) is 88.8 cm³/mol. The minimum atomic E-state index is 0.760. The molecule has 0 saturated carbocycles. The molecule has 1 aliphatic heterocycles. The standard InChI is InChI=1S/C15H26ClN3S/c1-3-19-9-6-13(7-10-19)18(2)11-8-17-12-14-4-5-15(16)20-14/h4-5,13,17H,3,6-12H2,1-2H3. The van der Waals surface area contributed by atoms with E-state index in [-0.39, 0.29) is 0 Å². The van der Waals surface area contributed by atoms with Gasteiger partial charge in [0.25, 0.3) is 0 Å². The van der Waals surface area contributed by atoms with Gasteiger partial charge >= 0.3 is 0 Å². The van der Waals surface area contributed by atoms with Gasteiger partial charge in [-0.15, -0.1) is 11.3 Å². The molecule has 0 spiro atoms. The van der Waals surface area contributed by atoms with Crippen LogP contribution in [0, 0.1) is 0 Å². The van der Waals surface area contributed by atoms with Crippen LogP contribution in [0.1, 0.15) is 24.6 Å². The third kappa shape index (κ3) is 5.01. The molecule has 2 rings (SSSR count). The van der Waals surface area contributed by atoms with Crippen LogP contribution in [0.3, 0.4) is 0 Å². The van der Waals surface area contributed by atoms with Gasteiger partial charge in [-0.1, -0.05) is 18.5 Å². The summed E-state index contributed by atoms with van der Waals surface area (Å²) in [4.78, 5) is 6.37. The lowest BCUT2D eigenvalue weighted by Gasteiger charge is -2.36. The zero-order chi connectivity index (χ0) is 14.4. The summed E-state index contributed by atoms with van der Waals surface area (Å²) in [6.45, 7) is 9.06. The fourth-order valence-electron chi connectivity index (χ4n) is 2.77. The number of rotatable bonds is 7. The van der Waals surface area contributed by atoms with Crippen LogP contribution in [0.4, 0.5) is 0 Å². The Kier molecular flexibility index (Phi) is 6.78. The van der Waals surface area contributed by atoms with E-state index >= 15 is 0 Å². The number of likely N-dealkylation sites (tertiary alicyclic amines) is 1. The number of nitrogens with zero attached hydrogens (tertiary/aromatic N) is 2. The number of nitrogens with one attached hydrogen (secondary N) is 1. The Labute approximate surface area is 131 Å². The van der Waals surface area contributed by atoms with E-state index < -0.39 is 0 Å². The van der Waals surface area contributed by atoms with Crippen LogP contribution in [0.25, 0.3) is 0 Å². The monoisotopic (exact) mass is 315 g/mol. The van der Waals surface area contributed by atoms with Crippen molar-refractivity contribution >= 4 is 22.9 Å². The molecule has 0 amide bonds. The highest BCUT2D eigenvalue weighted by Gasteiger charge is 2.20. The lowest BCUT2D eigenvalue weighted by atomic mass is 10.0. The number of hydrogen-bond donors (Lipinski definition) is 1. The van der Waals surface area contributed by atoms with Crippen molar-refractivity contribution in [3.63, 3.8) is 0 Å². The molecule has 0 unspecified atom stereocenters. The van der Waals surface area contributed by atoms with Gasteiger partial charge in [0.15, 0.2) is 0 Å². The fraction of sp³-hybridized carbons (Fsp3) is 0.733. The van der Waals surface area contributed by atoms with Gasteiger partial charge in [-0.25, -0.2) is 0 Å². The lowest BCUT2D eigenvalue weighted by molar-refractivity contribution is 0.132. The van der Waals surface area contributed by atoms with Gasteiger partial charge < -0.3 is 15.1 Å². The average Bonchev–Trinajstić information content (AvgIpc) is 2.89. The Balaban J connectivity index is 1.59. The van der Waals surface area contributed by atoms with E-state index in [1.54, 1.807) is 11.3 Å². The van der Waals surface area contributed by atoms with E-state index in [0.29, 0.717) is 0 Å². The van der Waals surface area contributed by atoms with E-state index in [2.05, 4.69) is 35.2 Å². The minimum absolute atomic E-state index is 0.760. The Morgan fingerprint density at radius 1 is 1.40 bits per heavy atom. The van der Waals surface area contributed by atoms with Crippen LogP contribution in [0.15, 0.2) is 12.1 Å². The molecule has 0 bridgehead atoms. The number of likely N-dealkylation sites (N-methyl/N-ethyl adjacent to an activating group) is 1. The third-order valence-electron chi connectivity index (χ3n) is 4.20. The van der Waals surface area contributed by atoms with Crippen molar-refractivity contribution in [3.05, 3.63) is 21.3 Å². The summed E-state index contributed by atoms with van der Waals surface area (Å²) in [7, 11) is 2.26. The quantitative estimate of drug-likeness (QED) is 0.781. The number of thiophene rings is 1. The second-order valence-corrected chi connectivity index (χ2v) is 7.33. The second kappa shape index (κ2) is 8.35. The lowest BCUT2D eigenvalue weighted by Crippen LogP contribution is -2.44. The summed E-state index contributed by atoms with van der Waals surface area (Å²) in [6.07, 6.45) is 2.62. The van der Waals surface area contributed by atoms with E-state index in [9.17, 15) is 0 Å². The molecule has 2 heterocycles. The average molecular weight is 316 g/mol. The van der Waals surface area contributed by atoms with E-state index in [1.165, 1.54) is 37.4 Å². The first-order valence-electron chi connectivity index (χ1n) is 7.56. The third-order valence-corrected chi connectivity index (χ3v) is 5.43. The summed E-state index contributed by atoms with van der Waals surface area (Å²) in [5.41, 5.74) is 0. The molecule has 0 aromatic carbocycles. The molecule has 1 N–H and O–H groups in total. The van der Waals surface area contributed by atoms with Gasteiger partial charge in [-0.05, 0) is 51.7 Å². The Morgan fingerprint density at radius 2 is 2.15 bits per heavy atom. The highest BCUT2D eigenvalue weighted by Crippen LogP contribution is 2.21. The van der Waals surface area contributed by atoms with Crippen molar-refractivity contribution in [2.75, 3.05) is 39.8 Å². The van der Waals surface area contributed by atoms with Crippen molar-refractivity contribution in [3.8, 4) is 0 Å². The first-order valence-corrected chi connectivity index (χ1v) is 8.76. The van der Waals surface area contributed by atoms with Crippen LogP contribution >= 0.6 is 22.9 Å². The molecule has 3 nitrogen and oxygen atoms in total. The molecule has 1 fully saturated rings. The van der Waals surface area contributed by atoms with E-state index in [1.807, 2.05) is 6.07 Å². The van der Waals surface area contributed by atoms with Crippen molar-refractivity contribution in [2.45, 2.75) is 32.4 Å². The second-order valence-electron chi connectivity index (χ2n) is 5.53. The molecule has 20 heavy (non-hydrogen) atoms. The van der Waals surface area contributed by atoms with E-state index in [0.717, 1.165) is 30.0 Å². The largest absolute Gasteiger partial charge is 0.311 e. The topological polar surface area (TPSA) is 18.5 Å². The molecule has 0 atom stereocenters. The molecule has 1 aromatic heterocycles. The van der Waals surface area contributed by atoms with Crippen LogP contribution in [0.5, 0.6) is 0 Å². The van der Waals surface area contributed by atoms with Crippen LogP contribution in [0.2, 0.25) is 4.34 Å². The van der Waals surface area contributed by atoms with Gasteiger partial charge in [0.1, 0.15) is 0 Å². The highest BCUT2D eigenvalue weighted by atomic mass is 35.5. The molecule has 1 saturated heterocycles.